The van der Waals surface area contributed by atoms with Gasteiger partial charge in [-0.15, -0.1) is 0 Å². The SMILES string of the molecule is CCN1CCN(C(O)NC(C(=O)N[C@H]2Cc3cccc(C(=O)O)c3OB2O)c2ccc(=O)[nH]c2F)C(=O)C1=O. The molecule has 14 nitrogen and oxygen atoms in total. The number of hydrogen-bond donors (Lipinski definition) is 6. The summed E-state index contributed by atoms with van der Waals surface area (Å²) in [5, 5.41) is 35.5. The molecule has 39 heavy (non-hydrogen) atoms. The first-order valence-electron chi connectivity index (χ1n) is 11.9. The van der Waals surface area contributed by atoms with E-state index < -0.39 is 66.2 Å². The molecule has 4 rings (SSSR count). The first-order valence-corrected chi connectivity index (χ1v) is 11.9. The van der Waals surface area contributed by atoms with Crippen LogP contribution in [-0.2, 0) is 20.8 Å². The zero-order valence-electron chi connectivity index (χ0n) is 20.6. The number of aromatic amines is 1. The van der Waals surface area contributed by atoms with E-state index in [9.17, 15) is 43.6 Å². The number of carboxylic acid groups (broad SMARTS) is 1. The summed E-state index contributed by atoms with van der Waals surface area (Å²) in [6.45, 7) is 2.00. The van der Waals surface area contributed by atoms with Crippen molar-refractivity contribution in [1.29, 1.82) is 0 Å². The topological polar surface area (TPSA) is 202 Å². The third kappa shape index (κ3) is 5.62. The van der Waals surface area contributed by atoms with Gasteiger partial charge in [0.05, 0.1) is 11.5 Å². The molecule has 3 amide bonds. The minimum Gasteiger partial charge on any atom is -0.534 e. The second-order valence-electron chi connectivity index (χ2n) is 8.88. The minimum atomic E-state index is -1.91. The Kier molecular flexibility index (Phi) is 7.99. The molecule has 0 radical (unpaired) electrons. The van der Waals surface area contributed by atoms with E-state index in [1.54, 1.807) is 13.0 Å². The number of carbonyl (C=O) groups excluding carboxylic acids is 3. The number of pyridine rings is 1. The number of nitrogens with zero attached hydrogens (tertiary/aromatic N) is 2. The Morgan fingerprint density at radius 1 is 1.21 bits per heavy atom. The second kappa shape index (κ2) is 11.2. The van der Waals surface area contributed by atoms with Crippen molar-refractivity contribution in [3.8, 4) is 5.75 Å². The van der Waals surface area contributed by atoms with E-state index in [2.05, 4.69) is 10.6 Å². The van der Waals surface area contributed by atoms with E-state index in [0.29, 0.717) is 5.56 Å². The van der Waals surface area contributed by atoms with Crippen LogP contribution in [-0.4, -0.2) is 92.8 Å². The van der Waals surface area contributed by atoms with Gasteiger partial charge >= 0.3 is 24.9 Å². The zero-order chi connectivity index (χ0) is 28.4. The molecule has 0 saturated carbocycles. The number of carbonyl (C=O) groups is 4. The Balaban J connectivity index is 1.58. The summed E-state index contributed by atoms with van der Waals surface area (Å²) < 4.78 is 20.1. The van der Waals surface area contributed by atoms with Crippen LogP contribution in [0, 0.1) is 5.95 Å². The van der Waals surface area contributed by atoms with E-state index in [1.807, 2.05) is 4.98 Å². The summed E-state index contributed by atoms with van der Waals surface area (Å²) >= 11 is 0. The number of fused-ring (bicyclic) bond motifs is 1. The Morgan fingerprint density at radius 2 is 1.95 bits per heavy atom. The van der Waals surface area contributed by atoms with E-state index in [-0.39, 0.29) is 37.4 Å². The second-order valence-corrected chi connectivity index (χ2v) is 8.88. The van der Waals surface area contributed by atoms with Crippen LogP contribution in [0.4, 0.5) is 4.39 Å². The largest absolute Gasteiger partial charge is 0.547 e. The highest BCUT2D eigenvalue weighted by atomic mass is 19.1. The lowest BCUT2D eigenvalue weighted by Gasteiger charge is -2.37. The quantitative estimate of drug-likeness (QED) is 0.0928. The van der Waals surface area contributed by atoms with Gasteiger partial charge < -0.3 is 30.1 Å². The molecule has 2 unspecified atom stereocenters. The van der Waals surface area contributed by atoms with Crippen LogP contribution in [0.3, 0.4) is 0 Å². The summed E-state index contributed by atoms with van der Waals surface area (Å²) in [4.78, 5) is 65.1. The molecule has 1 fully saturated rings. The molecule has 3 atom stereocenters. The lowest BCUT2D eigenvalue weighted by atomic mass is 9.72. The van der Waals surface area contributed by atoms with Gasteiger partial charge in [-0.2, -0.15) is 4.39 Å². The van der Waals surface area contributed by atoms with Crippen molar-refractivity contribution in [3.05, 3.63) is 63.3 Å². The maximum Gasteiger partial charge on any atom is 0.547 e. The van der Waals surface area contributed by atoms with Crippen LogP contribution in [0.25, 0.3) is 0 Å². The van der Waals surface area contributed by atoms with Gasteiger partial charge in [-0.25, -0.2) is 4.79 Å². The molecule has 1 aromatic carbocycles. The smallest absolute Gasteiger partial charge is 0.534 e. The lowest BCUT2D eigenvalue weighted by Crippen LogP contribution is -2.62. The Labute approximate surface area is 220 Å². The van der Waals surface area contributed by atoms with Gasteiger partial charge in [0, 0.05) is 31.3 Å². The molecule has 1 saturated heterocycles. The molecule has 2 aliphatic heterocycles. The zero-order valence-corrected chi connectivity index (χ0v) is 20.6. The monoisotopic (exact) mass is 545 g/mol. The van der Waals surface area contributed by atoms with Gasteiger partial charge in [0.2, 0.25) is 11.5 Å². The van der Waals surface area contributed by atoms with E-state index in [4.69, 9.17) is 4.65 Å². The summed E-state index contributed by atoms with van der Waals surface area (Å²) in [6.07, 6.45) is -1.97. The van der Waals surface area contributed by atoms with E-state index in [0.717, 1.165) is 17.0 Å². The number of H-pyrrole nitrogens is 1. The van der Waals surface area contributed by atoms with Gasteiger partial charge in [0.25, 0.3) is 0 Å². The molecular weight excluding hydrogens is 520 g/mol. The van der Waals surface area contributed by atoms with Crippen LogP contribution in [0.5, 0.6) is 5.75 Å². The van der Waals surface area contributed by atoms with Crippen LogP contribution in [0.1, 0.15) is 34.5 Å². The predicted molar refractivity (Wildman–Crippen MR) is 131 cm³/mol. The lowest BCUT2D eigenvalue weighted by molar-refractivity contribution is -0.166. The Bertz CT molecular complexity index is 1370. The van der Waals surface area contributed by atoms with Crippen molar-refractivity contribution in [2.45, 2.75) is 31.7 Å². The fourth-order valence-corrected chi connectivity index (χ4v) is 4.44. The highest BCUT2D eigenvalue weighted by Crippen LogP contribution is 2.30. The highest BCUT2D eigenvalue weighted by molar-refractivity contribution is 6.47. The fraction of sp³-hybridized carbons (Fsp3) is 0.348. The highest BCUT2D eigenvalue weighted by Gasteiger charge is 2.41. The average Bonchev–Trinajstić information content (AvgIpc) is 2.89. The number of carboxylic acids is 1. The summed E-state index contributed by atoms with van der Waals surface area (Å²) in [5.41, 5.74) is -1.01. The number of aromatic carboxylic acids is 1. The average molecular weight is 545 g/mol. The number of rotatable bonds is 8. The van der Waals surface area contributed by atoms with E-state index in [1.165, 1.54) is 17.0 Å². The molecular formula is C23H25BFN5O9. The number of aromatic nitrogens is 1. The van der Waals surface area contributed by atoms with Crippen molar-refractivity contribution in [2.75, 3.05) is 19.6 Å². The van der Waals surface area contributed by atoms with Gasteiger partial charge in [0.15, 0.2) is 12.3 Å². The van der Waals surface area contributed by atoms with Crippen molar-refractivity contribution < 1.29 is 43.5 Å². The van der Waals surface area contributed by atoms with Crippen molar-refractivity contribution >= 4 is 30.8 Å². The molecule has 0 spiro atoms. The number of likely N-dealkylation sites (N-methyl/N-ethyl adjacent to an activating group) is 1. The van der Waals surface area contributed by atoms with Crippen molar-refractivity contribution in [1.82, 2.24) is 25.4 Å². The fourth-order valence-electron chi connectivity index (χ4n) is 4.44. The summed E-state index contributed by atoms with van der Waals surface area (Å²) in [7, 11) is -1.69. The number of nitrogens with one attached hydrogen (secondary N) is 3. The minimum absolute atomic E-state index is 0.0568. The normalized spacial score (nSPS) is 18.8. The maximum absolute atomic E-state index is 14.7. The molecule has 0 aliphatic carbocycles. The summed E-state index contributed by atoms with van der Waals surface area (Å²) in [5.74, 6) is -6.55. The Hall–Kier alpha value is -4.28. The molecule has 3 heterocycles. The number of hydrogen-bond acceptors (Lipinski definition) is 9. The van der Waals surface area contributed by atoms with Gasteiger partial charge in [0.1, 0.15) is 11.8 Å². The molecule has 2 aliphatic rings. The van der Waals surface area contributed by atoms with Gasteiger partial charge in [-0.1, -0.05) is 12.1 Å². The number of aliphatic hydroxyl groups is 1. The Morgan fingerprint density at radius 3 is 2.62 bits per heavy atom. The number of amides is 3. The summed E-state index contributed by atoms with van der Waals surface area (Å²) in [6, 6.07) is 4.54. The number of piperazine rings is 1. The third-order valence-electron chi connectivity index (χ3n) is 6.49. The molecule has 16 heteroatoms. The van der Waals surface area contributed by atoms with Crippen LogP contribution < -0.4 is 20.8 Å². The van der Waals surface area contributed by atoms with Crippen LogP contribution in [0.2, 0.25) is 0 Å². The van der Waals surface area contributed by atoms with Crippen LogP contribution >= 0.6 is 0 Å². The number of benzene rings is 1. The number of aliphatic hydroxyl groups excluding tert-OH is 1. The number of para-hydroxylation sites is 1. The van der Waals surface area contributed by atoms with E-state index >= 15 is 0 Å². The predicted octanol–water partition coefficient (Wildman–Crippen LogP) is -2.05. The first kappa shape index (κ1) is 27.8. The van der Waals surface area contributed by atoms with Crippen molar-refractivity contribution in [3.63, 3.8) is 0 Å². The first-order chi connectivity index (χ1) is 18.5. The molecule has 206 valence electrons. The standard InChI is InChI=1S/C23H25BFN5O9/c1-2-29-8-9-30(21(34)20(29)33)23(37)28-16(12-6-7-15(31)27-18(12)25)19(32)26-14-10-11-4-3-5-13(22(35)36)17(11)39-24(14)38/h3-7,14,16,23,28,37-38H,2,8-10H2,1H3,(H,26,32)(H,27,31)(H,35,36)/t14-,16?,23?/m0/s1. The third-order valence-corrected chi connectivity index (χ3v) is 6.49. The molecule has 2 aromatic rings. The van der Waals surface area contributed by atoms with Crippen LogP contribution in [0.15, 0.2) is 35.1 Å². The maximum atomic E-state index is 14.7. The van der Waals surface area contributed by atoms with Gasteiger partial charge in [-0.05, 0) is 31.0 Å². The molecule has 0 bridgehead atoms. The molecule has 1 aromatic heterocycles. The number of halogens is 1. The van der Waals surface area contributed by atoms with Gasteiger partial charge in [-0.3, -0.25) is 34.4 Å². The van der Waals surface area contributed by atoms with Crippen molar-refractivity contribution in [2.24, 2.45) is 0 Å². The molecule has 6 N–H and O–H groups in total.